The van der Waals surface area contributed by atoms with Gasteiger partial charge in [-0.3, -0.25) is 9.69 Å². The van der Waals surface area contributed by atoms with E-state index in [0.29, 0.717) is 13.1 Å². The highest BCUT2D eigenvalue weighted by Crippen LogP contribution is 2.31. The van der Waals surface area contributed by atoms with Crippen LogP contribution >= 0.6 is 0 Å². The molecule has 1 aromatic carbocycles. The molecule has 1 unspecified atom stereocenters. The summed E-state index contributed by atoms with van der Waals surface area (Å²) >= 11 is 0. The highest BCUT2D eigenvalue weighted by Gasteiger charge is 2.32. The molecule has 2 rings (SSSR count). The summed E-state index contributed by atoms with van der Waals surface area (Å²) in [5.41, 5.74) is -0.623. The lowest BCUT2D eigenvalue weighted by Gasteiger charge is -2.29. The highest BCUT2D eigenvalue weighted by molar-refractivity contribution is 5.76. The molecule has 0 spiro atoms. The molecule has 0 bridgehead atoms. The van der Waals surface area contributed by atoms with Gasteiger partial charge >= 0.3 is 12.1 Å². The molecule has 2 N–H and O–H groups in total. The Morgan fingerprint density at radius 1 is 1.33 bits per heavy atom. The number of rotatable bonds is 4. The summed E-state index contributed by atoms with van der Waals surface area (Å²) in [5.74, 6) is -2.06. The molecule has 21 heavy (non-hydrogen) atoms. The number of carboxylic acid groups (broad SMARTS) is 1. The lowest BCUT2D eigenvalue weighted by atomic mass is 9.96. The number of halogens is 3. The van der Waals surface area contributed by atoms with E-state index in [1.807, 2.05) is 4.90 Å². The molecule has 1 aliphatic rings. The Balaban J connectivity index is 2.19. The van der Waals surface area contributed by atoms with Crippen LogP contribution in [0.3, 0.4) is 0 Å². The fraction of sp³-hybridized carbons (Fsp3) is 0.500. The molecule has 0 radical (unpaired) electrons. The van der Waals surface area contributed by atoms with E-state index in [9.17, 15) is 23.1 Å². The van der Waals surface area contributed by atoms with Crippen LogP contribution in [0.25, 0.3) is 0 Å². The molecule has 1 fully saturated rings. The van der Waals surface area contributed by atoms with E-state index >= 15 is 0 Å². The van der Waals surface area contributed by atoms with E-state index in [-0.39, 0.29) is 12.1 Å². The van der Waals surface area contributed by atoms with Crippen LogP contribution in [0, 0.1) is 0 Å². The van der Waals surface area contributed by atoms with Crippen LogP contribution < -0.4 is 5.32 Å². The van der Waals surface area contributed by atoms with Gasteiger partial charge in [0.2, 0.25) is 0 Å². The zero-order valence-corrected chi connectivity index (χ0v) is 11.4. The summed E-state index contributed by atoms with van der Waals surface area (Å²) < 4.78 is 38.2. The standard InChI is InChI=1S/C14H17F3N2O2/c15-14(16,17)11-3-1-2-10(8-11)12(13(20)21)9-19-6-4-18-5-7-19/h1-3,8,12,18H,4-7,9H2,(H,20,21). The highest BCUT2D eigenvalue weighted by atomic mass is 19.4. The minimum Gasteiger partial charge on any atom is -0.481 e. The van der Waals surface area contributed by atoms with Crippen LogP contribution in [-0.2, 0) is 11.0 Å². The number of alkyl halides is 3. The van der Waals surface area contributed by atoms with Gasteiger partial charge in [-0.2, -0.15) is 13.2 Å². The number of piperazine rings is 1. The summed E-state index contributed by atoms with van der Waals surface area (Å²) in [5, 5.41) is 12.5. The number of nitrogens with one attached hydrogen (secondary N) is 1. The summed E-state index contributed by atoms with van der Waals surface area (Å²) in [6, 6.07) is 4.58. The third kappa shape index (κ3) is 4.18. The number of benzene rings is 1. The van der Waals surface area contributed by atoms with Crippen molar-refractivity contribution >= 4 is 5.97 Å². The van der Waals surface area contributed by atoms with Crippen LogP contribution in [0.4, 0.5) is 13.2 Å². The van der Waals surface area contributed by atoms with E-state index in [1.165, 1.54) is 12.1 Å². The fourth-order valence-electron chi connectivity index (χ4n) is 2.41. The molecular weight excluding hydrogens is 285 g/mol. The Morgan fingerprint density at radius 3 is 2.57 bits per heavy atom. The van der Waals surface area contributed by atoms with E-state index in [1.54, 1.807) is 0 Å². The second-order valence-corrected chi connectivity index (χ2v) is 5.06. The zero-order chi connectivity index (χ0) is 15.5. The number of carbonyl (C=O) groups is 1. The van der Waals surface area contributed by atoms with Crippen molar-refractivity contribution in [3.05, 3.63) is 35.4 Å². The van der Waals surface area contributed by atoms with Crippen LogP contribution in [0.2, 0.25) is 0 Å². The molecule has 1 saturated heterocycles. The SMILES string of the molecule is O=C(O)C(CN1CCNCC1)c1cccc(C(F)(F)F)c1. The van der Waals surface area contributed by atoms with Gasteiger partial charge in [0.1, 0.15) is 0 Å². The summed E-state index contributed by atoms with van der Waals surface area (Å²) in [4.78, 5) is 13.4. The zero-order valence-electron chi connectivity index (χ0n) is 11.4. The van der Waals surface area contributed by atoms with E-state index in [4.69, 9.17) is 0 Å². The van der Waals surface area contributed by atoms with Crippen molar-refractivity contribution in [2.75, 3.05) is 32.7 Å². The number of nitrogens with zero attached hydrogens (tertiary/aromatic N) is 1. The minimum absolute atomic E-state index is 0.191. The molecule has 1 aliphatic heterocycles. The average Bonchev–Trinajstić information content (AvgIpc) is 2.45. The number of hydrogen-bond donors (Lipinski definition) is 2. The first kappa shape index (κ1) is 15.8. The van der Waals surface area contributed by atoms with E-state index in [0.717, 1.165) is 25.2 Å². The van der Waals surface area contributed by atoms with Gasteiger partial charge in [0.15, 0.2) is 0 Å². The second kappa shape index (κ2) is 6.44. The molecule has 4 nitrogen and oxygen atoms in total. The maximum atomic E-state index is 12.7. The monoisotopic (exact) mass is 302 g/mol. The van der Waals surface area contributed by atoms with Crippen LogP contribution in [-0.4, -0.2) is 48.7 Å². The Hall–Kier alpha value is -1.60. The fourth-order valence-corrected chi connectivity index (χ4v) is 2.41. The first-order valence-corrected chi connectivity index (χ1v) is 6.71. The van der Waals surface area contributed by atoms with Crippen molar-refractivity contribution in [1.82, 2.24) is 10.2 Å². The molecule has 7 heteroatoms. The van der Waals surface area contributed by atoms with Gasteiger partial charge < -0.3 is 10.4 Å². The first-order valence-electron chi connectivity index (χ1n) is 6.71. The molecule has 1 heterocycles. The molecule has 0 aromatic heterocycles. The quantitative estimate of drug-likeness (QED) is 0.890. The normalized spacial score (nSPS) is 18.4. The van der Waals surface area contributed by atoms with E-state index in [2.05, 4.69) is 5.32 Å². The van der Waals surface area contributed by atoms with Crippen molar-refractivity contribution in [2.45, 2.75) is 12.1 Å². The Morgan fingerprint density at radius 2 is 2.00 bits per heavy atom. The average molecular weight is 302 g/mol. The molecule has 0 aliphatic carbocycles. The van der Waals surface area contributed by atoms with Gasteiger partial charge in [-0.15, -0.1) is 0 Å². The lowest BCUT2D eigenvalue weighted by Crippen LogP contribution is -2.45. The van der Waals surface area contributed by atoms with Crippen molar-refractivity contribution in [2.24, 2.45) is 0 Å². The minimum atomic E-state index is -4.46. The second-order valence-electron chi connectivity index (χ2n) is 5.06. The topological polar surface area (TPSA) is 52.6 Å². The van der Waals surface area contributed by atoms with Gasteiger partial charge in [-0.05, 0) is 11.6 Å². The van der Waals surface area contributed by atoms with Gasteiger partial charge in [-0.25, -0.2) is 0 Å². The third-order valence-corrected chi connectivity index (χ3v) is 3.56. The van der Waals surface area contributed by atoms with Gasteiger partial charge in [-0.1, -0.05) is 18.2 Å². The maximum Gasteiger partial charge on any atom is 0.416 e. The van der Waals surface area contributed by atoms with Crippen molar-refractivity contribution in [3.8, 4) is 0 Å². The van der Waals surface area contributed by atoms with Crippen molar-refractivity contribution in [1.29, 1.82) is 0 Å². The maximum absolute atomic E-state index is 12.7. The van der Waals surface area contributed by atoms with Gasteiger partial charge in [0.25, 0.3) is 0 Å². The predicted octanol–water partition coefficient (Wildman–Crippen LogP) is 1.78. The molecular formula is C14H17F3N2O2. The third-order valence-electron chi connectivity index (χ3n) is 3.56. The molecule has 0 saturated carbocycles. The van der Waals surface area contributed by atoms with Crippen LogP contribution in [0.1, 0.15) is 17.0 Å². The van der Waals surface area contributed by atoms with Gasteiger partial charge in [0.05, 0.1) is 11.5 Å². The number of aliphatic carboxylic acids is 1. The van der Waals surface area contributed by atoms with Crippen molar-refractivity contribution < 1.29 is 23.1 Å². The first-order chi connectivity index (χ1) is 9.88. The summed E-state index contributed by atoms with van der Waals surface area (Å²) in [6.45, 7) is 3.13. The summed E-state index contributed by atoms with van der Waals surface area (Å²) in [6.07, 6.45) is -4.46. The Kier molecular flexibility index (Phi) is 4.84. The molecule has 1 aromatic rings. The predicted molar refractivity (Wildman–Crippen MR) is 71.1 cm³/mol. The lowest BCUT2D eigenvalue weighted by molar-refractivity contribution is -0.140. The Bertz CT molecular complexity index is 499. The van der Waals surface area contributed by atoms with Crippen LogP contribution in [0.15, 0.2) is 24.3 Å². The van der Waals surface area contributed by atoms with Gasteiger partial charge in [0, 0.05) is 32.7 Å². The van der Waals surface area contributed by atoms with Crippen LogP contribution in [0.5, 0.6) is 0 Å². The molecule has 116 valence electrons. The molecule has 0 amide bonds. The summed E-state index contributed by atoms with van der Waals surface area (Å²) in [7, 11) is 0. The Labute approximate surface area is 120 Å². The number of carboxylic acids is 1. The molecule has 1 atom stereocenters. The smallest absolute Gasteiger partial charge is 0.416 e. The number of hydrogen-bond acceptors (Lipinski definition) is 3. The largest absolute Gasteiger partial charge is 0.481 e. The van der Waals surface area contributed by atoms with E-state index < -0.39 is 23.6 Å². The van der Waals surface area contributed by atoms with Crippen molar-refractivity contribution in [3.63, 3.8) is 0 Å².